The number of nitrogens with one attached hydrogen (secondary N) is 2. The highest BCUT2D eigenvalue weighted by Crippen LogP contribution is 2.33. The van der Waals surface area contributed by atoms with Crippen LogP contribution in [0.3, 0.4) is 0 Å². The van der Waals surface area contributed by atoms with Gasteiger partial charge in [-0.3, -0.25) is 14.3 Å². The summed E-state index contributed by atoms with van der Waals surface area (Å²) in [6, 6.07) is 8.94. The van der Waals surface area contributed by atoms with Gasteiger partial charge in [-0.15, -0.1) is 0 Å². The van der Waals surface area contributed by atoms with Crippen LogP contribution in [-0.4, -0.2) is 45.8 Å². The average Bonchev–Trinajstić information content (AvgIpc) is 2.98. The van der Waals surface area contributed by atoms with Gasteiger partial charge in [-0.05, 0) is 42.0 Å². The predicted molar refractivity (Wildman–Crippen MR) is 105 cm³/mol. The molecule has 0 aromatic heterocycles. The normalized spacial score (nSPS) is 12.9. The Morgan fingerprint density at radius 3 is 2.57 bits per heavy atom. The fraction of sp³-hybridized carbons (Fsp3) is 0.222. The van der Waals surface area contributed by atoms with E-state index >= 15 is 0 Å². The molecule has 148 valence electrons. The molecule has 1 aliphatic rings. The lowest BCUT2D eigenvalue weighted by Gasteiger charge is -2.13. The molecule has 28 heavy (non-hydrogen) atoms. The molecule has 0 spiro atoms. The molecule has 2 aromatic rings. The third kappa shape index (κ3) is 4.37. The Labute approximate surface area is 167 Å². The van der Waals surface area contributed by atoms with Crippen molar-refractivity contribution < 1.29 is 22.7 Å². The van der Waals surface area contributed by atoms with Crippen molar-refractivity contribution in [1.82, 2.24) is 4.90 Å². The summed E-state index contributed by atoms with van der Waals surface area (Å²) in [5, 5.41) is 2.63. The van der Waals surface area contributed by atoms with Crippen molar-refractivity contribution in [2.45, 2.75) is 11.3 Å². The van der Waals surface area contributed by atoms with Gasteiger partial charge < -0.3 is 15.0 Å². The summed E-state index contributed by atoms with van der Waals surface area (Å²) in [5.74, 6) is 0.0270. The topological polar surface area (TPSA) is 105 Å². The maximum absolute atomic E-state index is 12.7. The lowest BCUT2D eigenvalue weighted by Crippen LogP contribution is -2.27. The minimum Gasteiger partial charge on any atom is -0.484 e. The second kappa shape index (κ2) is 7.69. The zero-order valence-electron chi connectivity index (χ0n) is 15.2. The lowest BCUT2D eigenvalue weighted by molar-refractivity contribution is -0.130. The monoisotopic (exact) mass is 423 g/mol. The van der Waals surface area contributed by atoms with Crippen molar-refractivity contribution in [1.29, 1.82) is 0 Å². The van der Waals surface area contributed by atoms with Crippen LogP contribution < -0.4 is 14.8 Å². The van der Waals surface area contributed by atoms with Gasteiger partial charge in [0.2, 0.25) is 5.91 Å². The van der Waals surface area contributed by atoms with Gasteiger partial charge in [0.25, 0.3) is 15.9 Å². The first-order chi connectivity index (χ1) is 13.2. The first kappa shape index (κ1) is 20.0. The standard InChI is InChI=1S/C18H18ClN3O5S/c1-22(2)18(24)10-27-13-5-3-12(4-6-13)21-28(25,26)16-7-11-8-17(23)20-15(11)9-14(16)19/h3-7,9,21H,8,10H2,1-2H3,(H,20,23). The number of sulfonamides is 1. The highest BCUT2D eigenvalue weighted by Gasteiger charge is 2.25. The van der Waals surface area contributed by atoms with E-state index in [2.05, 4.69) is 10.0 Å². The van der Waals surface area contributed by atoms with Gasteiger partial charge in [-0.2, -0.15) is 0 Å². The summed E-state index contributed by atoms with van der Waals surface area (Å²) in [6.07, 6.45) is 0.104. The second-order valence-electron chi connectivity index (χ2n) is 6.37. The van der Waals surface area contributed by atoms with Gasteiger partial charge in [-0.25, -0.2) is 8.42 Å². The van der Waals surface area contributed by atoms with Gasteiger partial charge in [0.1, 0.15) is 10.6 Å². The molecule has 1 aliphatic heterocycles. The summed E-state index contributed by atoms with van der Waals surface area (Å²) >= 11 is 6.10. The largest absolute Gasteiger partial charge is 0.484 e. The zero-order chi connectivity index (χ0) is 20.5. The van der Waals surface area contributed by atoms with Crippen LogP contribution in [0.15, 0.2) is 41.3 Å². The number of carbonyl (C=O) groups is 2. The highest BCUT2D eigenvalue weighted by molar-refractivity contribution is 7.92. The van der Waals surface area contributed by atoms with Gasteiger partial charge in [0, 0.05) is 25.5 Å². The van der Waals surface area contributed by atoms with E-state index in [-0.39, 0.29) is 34.8 Å². The molecule has 0 fully saturated rings. The number of hydrogen-bond acceptors (Lipinski definition) is 5. The van der Waals surface area contributed by atoms with Crippen molar-refractivity contribution in [2.24, 2.45) is 0 Å². The fourth-order valence-electron chi connectivity index (χ4n) is 2.53. The van der Waals surface area contributed by atoms with Crippen molar-refractivity contribution in [3.63, 3.8) is 0 Å². The summed E-state index contributed by atoms with van der Waals surface area (Å²) in [7, 11) is -0.706. The number of likely N-dealkylation sites (N-methyl/N-ethyl adjacent to an activating group) is 1. The molecule has 2 N–H and O–H groups in total. The average molecular weight is 424 g/mol. The van der Waals surface area contributed by atoms with E-state index in [1.54, 1.807) is 26.2 Å². The van der Waals surface area contributed by atoms with E-state index in [9.17, 15) is 18.0 Å². The van der Waals surface area contributed by atoms with E-state index in [0.29, 0.717) is 22.7 Å². The van der Waals surface area contributed by atoms with Crippen LogP contribution in [-0.2, 0) is 26.0 Å². The molecular formula is C18H18ClN3O5S. The van der Waals surface area contributed by atoms with E-state index in [1.165, 1.54) is 29.2 Å². The first-order valence-electron chi connectivity index (χ1n) is 8.24. The van der Waals surface area contributed by atoms with E-state index in [4.69, 9.17) is 16.3 Å². The SMILES string of the molecule is CN(C)C(=O)COc1ccc(NS(=O)(=O)c2cc3c(cc2Cl)NC(=O)C3)cc1. The number of hydrogen-bond donors (Lipinski definition) is 2. The Hall–Kier alpha value is -2.78. The summed E-state index contributed by atoms with van der Waals surface area (Å²) < 4.78 is 33.2. The molecule has 0 saturated carbocycles. The predicted octanol–water partition coefficient (Wildman–Crippen LogP) is 2.10. The molecular weight excluding hydrogens is 406 g/mol. The number of anilines is 2. The number of ether oxygens (including phenoxy) is 1. The number of carbonyl (C=O) groups excluding carboxylic acids is 2. The molecule has 0 unspecified atom stereocenters. The second-order valence-corrected chi connectivity index (χ2v) is 8.43. The van der Waals surface area contributed by atoms with E-state index in [1.807, 2.05) is 0 Å². The maximum Gasteiger partial charge on any atom is 0.263 e. The van der Waals surface area contributed by atoms with Gasteiger partial charge >= 0.3 is 0 Å². The van der Waals surface area contributed by atoms with Gasteiger partial charge in [-0.1, -0.05) is 11.6 Å². The van der Waals surface area contributed by atoms with Crippen molar-refractivity contribution >= 4 is 44.8 Å². The Morgan fingerprint density at radius 1 is 1.25 bits per heavy atom. The summed E-state index contributed by atoms with van der Waals surface area (Å²) in [5.41, 5.74) is 1.39. The Bertz CT molecular complexity index is 1040. The molecule has 2 aromatic carbocycles. The Balaban J connectivity index is 1.74. The molecule has 0 aliphatic carbocycles. The maximum atomic E-state index is 12.7. The van der Waals surface area contributed by atoms with Crippen LogP contribution in [0.5, 0.6) is 5.75 Å². The molecule has 1 heterocycles. The molecule has 0 radical (unpaired) electrons. The molecule has 0 bridgehead atoms. The fourth-order valence-corrected chi connectivity index (χ4v) is 4.17. The van der Waals surface area contributed by atoms with Gasteiger partial charge in [0.05, 0.1) is 11.4 Å². The quantitative estimate of drug-likeness (QED) is 0.740. The smallest absolute Gasteiger partial charge is 0.263 e. The zero-order valence-corrected chi connectivity index (χ0v) is 16.7. The summed E-state index contributed by atoms with van der Waals surface area (Å²) in [4.78, 5) is 24.3. The Kier molecular flexibility index (Phi) is 5.48. The first-order valence-corrected chi connectivity index (χ1v) is 10.1. The van der Waals surface area contributed by atoms with E-state index in [0.717, 1.165) is 0 Å². The molecule has 8 nitrogen and oxygen atoms in total. The molecule has 10 heteroatoms. The number of rotatable bonds is 6. The van der Waals surface area contributed by atoms with Crippen LogP contribution in [0.25, 0.3) is 0 Å². The van der Waals surface area contributed by atoms with Crippen LogP contribution in [0.1, 0.15) is 5.56 Å². The van der Waals surface area contributed by atoms with Crippen LogP contribution in [0.4, 0.5) is 11.4 Å². The van der Waals surface area contributed by atoms with Crippen molar-refractivity contribution in [3.8, 4) is 5.75 Å². The van der Waals surface area contributed by atoms with Crippen LogP contribution in [0, 0.1) is 0 Å². The third-order valence-corrected chi connectivity index (χ3v) is 5.89. The molecule has 2 amide bonds. The minimum atomic E-state index is -3.96. The van der Waals surface area contributed by atoms with E-state index < -0.39 is 10.0 Å². The van der Waals surface area contributed by atoms with Crippen molar-refractivity contribution in [3.05, 3.63) is 47.0 Å². The number of fused-ring (bicyclic) bond motifs is 1. The minimum absolute atomic E-state index is 0.00982. The molecule has 3 rings (SSSR count). The number of nitrogens with zero attached hydrogens (tertiary/aromatic N) is 1. The number of halogens is 1. The van der Waals surface area contributed by atoms with Crippen LogP contribution >= 0.6 is 11.6 Å². The highest BCUT2D eigenvalue weighted by atomic mass is 35.5. The van der Waals surface area contributed by atoms with Gasteiger partial charge in [0.15, 0.2) is 6.61 Å². The Morgan fingerprint density at radius 2 is 1.93 bits per heavy atom. The van der Waals surface area contributed by atoms with Crippen molar-refractivity contribution in [2.75, 3.05) is 30.7 Å². The number of benzene rings is 2. The third-order valence-electron chi connectivity index (χ3n) is 4.04. The lowest BCUT2D eigenvalue weighted by atomic mass is 10.2. The molecule has 0 atom stereocenters. The number of amides is 2. The van der Waals surface area contributed by atoms with Crippen LogP contribution in [0.2, 0.25) is 5.02 Å². The molecule has 0 saturated heterocycles. The summed E-state index contributed by atoms with van der Waals surface area (Å²) in [6.45, 7) is -0.116.